The van der Waals surface area contributed by atoms with Crippen molar-refractivity contribution in [2.75, 3.05) is 31.1 Å². The van der Waals surface area contributed by atoms with Crippen LogP contribution in [0.25, 0.3) is 10.9 Å². The molecule has 1 aromatic heterocycles. The molecular weight excluding hydrogens is 328 g/mol. The molecule has 3 aromatic rings. The van der Waals surface area contributed by atoms with Crippen molar-refractivity contribution in [1.82, 2.24) is 9.97 Å². The minimum absolute atomic E-state index is 0.546. The highest BCUT2D eigenvalue weighted by atomic mass is 35.5. The summed E-state index contributed by atoms with van der Waals surface area (Å²) in [7, 11) is 3.23. The summed E-state index contributed by atoms with van der Waals surface area (Å²) in [6.45, 7) is 0.546. The van der Waals surface area contributed by atoms with Crippen LogP contribution in [-0.4, -0.2) is 30.9 Å². The Balaban J connectivity index is 1.96. The van der Waals surface area contributed by atoms with Gasteiger partial charge in [-0.1, -0.05) is 11.6 Å². The second-order valence-electron chi connectivity index (χ2n) is 5.32. The van der Waals surface area contributed by atoms with E-state index < -0.39 is 0 Å². The number of rotatable bonds is 3. The summed E-state index contributed by atoms with van der Waals surface area (Å²) < 4.78 is 11.0. The molecule has 0 spiro atoms. The van der Waals surface area contributed by atoms with E-state index in [9.17, 15) is 0 Å². The number of methoxy groups -OCH3 is 2. The molecule has 0 fully saturated rings. The van der Waals surface area contributed by atoms with Crippen molar-refractivity contribution in [2.24, 2.45) is 0 Å². The lowest BCUT2D eigenvalue weighted by molar-refractivity contribution is 0.357. The van der Waals surface area contributed by atoms with Crippen LogP contribution >= 0.6 is 11.6 Å². The fourth-order valence-corrected chi connectivity index (χ4v) is 3.09. The zero-order chi connectivity index (χ0) is 16.7. The fourth-order valence-electron chi connectivity index (χ4n) is 2.96. The highest BCUT2D eigenvalue weighted by molar-refractivity contribution is 6.30. The number of anilines is 3. The SMILES string of the molecule is COc1cc2ncnc3c2c(c1OC)NCN3c1ccc(Cl)cc1. The molecule has 24 heavy (non-hydrogen) atoms. The highest BCUT2D eigenvalue weighted by Crippen LogP contribution is 2.47. The third kappa shape index (κ3) is 2.18. The maximum Gasteiger partial charge on any atom is 0.184 e. The van der Waals surface area contributed by atoms with E-state index in [4.69, 9.17) is 21.1 Å². The van der Waals surface area contributed by atoms with E-state index in [1.54, 1.807) is 20.5 Å². The van der Waals surface area contributed by atoms with E-state index in [1.807, 2.05) is 30.3 Å². The molecular formula is C17H15ClN4O2. The lowest BCUT2D eigenvalue weighted by Crippen LogP contribution is -2.29. The smallest absolute Gasteiger partial charge is 0.184 e. The second-order valence-corrected chi connectivity index (χ2v) is 5.75. The van der Waals surface area contributed by atoms with Gasteiger partial charge in [-0.25, -0.2) is 9.97 Å². The summed E-state index contributed by atoms with van der Waals surface area (Å²) in [5.74, 6) is 2.10. The molecule has 0 saturated heterocycles. The topological polar surface area (TPSA) is 59.5 Å². The van der Waals surface area contributed by atoms with Crippen molar-refractivity contribution >= 4 is 39.7 Å². The number of ether oxygens (including phenoxy) is 2. The predicted molar refractivity (Wildman–Crippen MR) is 94.7 cm³/mol. The molecule has 0 unspecified atom stereocenters. The summed E-state index contributed by atoms with van der Waals surface area (Å²) >= 11 is 6.00. The molecule has 7 heteroatoms. The molecule has 1 aliphatic heterocycles. The van der Waals surface area contributed by atoms with Crippen molar-refractivity contribution in [3.05, 3.63) is 41.7 Å². The largest absolute Gasteiger partial charge is 0.493 e. The molecule has 0 amide bonds. The van der Waals surface area contributed by atoms with Crippen LogP contribution in [0.15, 0.2) is 36.7 Å². The van der Waals surface area contributed by atoms with Crippen molar-refractivity contribution in [1.29, 1.82) is 0 Å². The summed E-state index contributed by atoms with van der Waals surface area (Å²) in [6.07, 6.45) is 1.56. The first-order valence-corrected chi connectivity index (χ1v) is 7.77. The number of nitrogens with one attached hydrogen (secondary N) is 1. The maximum atomic E-state index is 6.00. The predicted octanol–water partition coefficient (Wildman–Crippen LogP) is 3.82. The van der Waals surface area contributed by atoms with Gasteiger partial charge in [0.05, 0.1) is 37.5 Å². The zero-order valence-corrected chi connectivity index (χ0v) is 14.0. The lowest BCUT2D eigenvalue weighted by Gasteiger charge is -2.31. The van der Waals surface area contributed by atoms with Gasteiger partial charge in [-0.15, -0.1) is 0 Å². The third-order valence-corrected chi connectivity index (χ3v) is 4.31. The van der Waals surface area contributed by atoms with Crippen LogP contribution in [0.4, 0.5) is 17.2 Å². The van der Waals surface area contributed by atoms with Crippen LogP contribution in [0, 0.1) is 0 Å². The average Bonchev–Trinajstić information content (AvgIpc) is 2.62. The Morgan fingerprint density at radius 3 is 2.62 bits per heavy atom. The molecule has 122 valence electrons. The van der Waals surface area contributed by atoms with Gasteiger partial charge in [0.2, 0.25) is 0 Å². The number of hydrogen-bond acceptors (Lipinski definition) is 6. The van der Waals surface area contributed by atoms with Gasteiger partial charge in [0.25, 0.3) is 0 Å². The number of hydrogen-bond donors (Lipinski definition) is 1. The van der Waals surface area contributed by atoms with Gasteiger partial charge < -0.3 is 19.7 Å². The minimum atomic E-state index is 0.546. The van der Waals surface area contributed by atoms with Crippen LogP contribution < -0.4 is 19.7 Å². The molecule has 0 atom stereocenters. The number of nitrogens with zero attached hydrogens (tertiary/aromatic N) is 3. The van der Waals surface area contributed by atoms with Crippen molar-refractivity contribution in [2.45, 2.75) is 0 Å². The van der Waals surface area contributed by atoms with Gasteiger partial charge in [0.15, 0.2) is 11.5 Å². The van der Waals surface area contributed by atoms with E-state index in [1.165, 1.54) is 0 Å². The molecule has 0 aliphatic carbocycles. The zero-order valence-electron chi connectivity index (χ0n) is 13.2. The number of halogens is 1. The molecule has 0 radical (unpaired) electrons. The van der Waals surface area contributed by atoms with Crippen LogP contribution in [0.1, 0.15) is 0 Å². The summed E-state index contributed by atoms with van der Waals surface area (Å²) in [6, 6.07) is 9.50. The molecule has 0 bridgehead atoms. The first-order chi connectivity index (χ1) is 11.7. The lowest BCUT2D eigenvalue weighted by atomic mass is 10.1. The van der Waals surface area contributed by atoms with Crippen molar-refractivity contribution < 1.29 is 9.47 Å². The fraction of sp³-hybridized carbons (Fsp3) is 0.176. The number of benzene rings is 2. The normalized spacial score (nSPS) is 12.9. The summed E-state index contributed by atoms with van der Waals surface area (Å²) in [5, 5.41) is 4.99. The first kappa shape index (κ1) is 14.8. The van der Waals surface area contributed by atoms with E-state index in [2.05, 4.69) is 20.2 Å². The monoisotopic (exact) mass is 342 g/mol. The number of aromatic nitrogens is 2. The Hall–Kier alpha value is -2.73. The van der Waals surface area contributed by atoms with E-state index >= 15 is 0 Å². The Morgan fingerprint density at radius 1 is 1.12 bits per heavy atom. The Bertz CT molecular complexity index is 915. The van der Waals surface area contributed by atoms with Crippen LogP contribution in [0.3, 0.4) is 0 Å². The first-order valence-electron chi connectivity index (χ1n) is 7.39. The Labute approximate surface area is 144 Å². The molecule has 1 N–H and O–H groups in total. The molecule has 2 heterocycles. The molecule has 6 nitrogen and oxygen atoms in total. The Morgan fingerprint density at radius 2 is 1.92 bits per heavy atom. The van der Waals surface area contributed by atoms with Gasteiger partial charge in [-0.3, -0.25) is 0 Å². The third-order valence-electron chi connectivity index (χ3n) is 4.06. The van der Waals surface area contributed by atoms with Gasteiger partial charge in [0, 0.05) is 16.8 Å². The van der Waals surface area contributed by atoms with Crippen molar-refractivity contribution in [3.8, 4) is 11.5 Å². The molecule has 4 rings (SSSR count). The highest BCUT2D eigenvalue weighted by Gasteiger charge is 2.26. The minimum Gasteiger partial charge on any atom is -0.493 e. The average molecular weight is 343 g/mol. The van der Waals surface area contributed by atoms with Gasteiger partial charge >= 0.3 is 0 Å². The van der Waals surface area contributed by atoms with Gasteiger partial charge in [-0.05, 0) is 24.3 Å². The van der Waals surface area contributed by atoms with Gasteiger partial charge in [0.1, 0.15) is 12.1 Å². The summed E-state index contributed by atoms with van der Waals surface area (Å²) in [5.41, 5.74) is 2.62. The van der Waals surface area contributed by atoms with Crippen LogP contribution in [0.2, 0.25) is 5.02 Å². The second kappa shape index (κ2) is 5.72. The van der Waals surface area contributed by atoms with Crippen LogP contribution in [-0.2, 0) is 0 Å². The van der Waals surface area contributed by atoms with Crippen LogP contribution in [0.5, 0.6) is 11.5 Å². The Kier molecular flexibility index (Phi) is 3.54. The van der Waals surface area contributed by atoms with E-state index in [0.717, 1.165) is 28.1 Å². The summed E-state index contributed by atoms with van der Waals surface area (Å²) in [4.78, 5) is 10.9. The quantitative estimate of drug-likeness (QED) is 0.780. The molecule has 2 aromatic carbocycles. The molecule has 1 aliphatic rings. The standard InChI is InChI=1S/C17H15ClN4O2/c1-23-13-7-12-14-15(16(13)24-2)21-9-22(17(14)20-8-19-12)11-5-3-10(18)4-6-11/h3-8,21H,9H2,1-2H3. The maximum absolute atomic E-state index is 6.00. The van der Waals surface area contributed by atoms with E-state index in [-0.39, 0.29) is 0 Å². The van der Waals surface area contributed by atoms with E-state index in [0.29, 0.717) is 23.2 Å². The van der Waals surface area contributed by atoms with Crippen molar-refractivity contribution in [3.63, 3.8) is 0 Å². The molecule has 0 saturated carbocycles. The van der Waals surface area contributed by atoms with Gasteiger partial charge in [-0.2, -0.15) is 0 Å².